The van der Waals surface area contributed by atoms with Gasteiger partial charge in [0.05, 0.1) is 12.2 Å². The Kier molecular flexibility index (Phi) is 5.49. The van der Waals surface area contributed by atoms with Crippen LogP contribution in [0.15, 0.2) is 17.5 Å². The van der Waals surface area contributed by atoms with Gasteiger partial charge in [0.15, 0.2) is 0 Å². The molecular formula is C14H22O2S. The molecule has 1 aliphatic heterocycles. The summed E-state index contributed by atoms with van der Waals surface area (Å²) in [5.41, 5.74) is 0. The van der Waals surface area contributed by atoms with Gasteiger partial charge in [-0.2, -0.15) is 0 Å². The van der Waals surface area contributed by atoms with E-state index in [-0.39, 0.29) is 6.10 Å². The lowest BCUT2D eigenvalue weighted by atomic mass is 10.0. The van der Waals surface area contributed by atoms with E-state index in [9.17, 15) is 5.11 Å². The van der Waals surface area contributed by atoms with E-state index in [2.05, 4.69) is 17.5 Å². The second-order valence-corrected chi connectivity index (χ2v) is 5.87. The van der Waals surface area contributed by atoms with Crippen LogP contribution in [0.3, 0.4) is 0 Å². The molecule has 0 aromatic carbocycles. The standard InChI is InChI=1S/C14H22O2S/c15-12(8-9-13-5-2-10-16-13)4-1-6-14-7-3-11-17-14/h3,7,11-13,15H,1-2,4-6,8-10H2. The lowest BCUT2D eigenvalue weighted by Gasteiger charge is -2.13. The number of thiophene rings is 1. The average molecular weight is 254 g/mol. The highest BCUT2D eigenvalue weighted by Gasteiger charge is 2.16. The summed E-state index contributed by atoms with van der Waals surface area (Å²) in [5, 5.41) is 12.0. The van der Waals surface area contributed by atoms with Crippen LogP contribution in [0.25, 0.3) is 0 Å². The van der Waals surface area contributed by atoms with Crippen molar-refractivity contribution in [1.29, 1.82) is 0 Å². The van der Waals surface area contributed by atoms with Crippen LogP contribution < -0.4 is 0 Å². The van der Waals surface area contributed by atoms with E-state index in [1.165, 1.54) is 17.7 Å². The Labute approximate surface area is 108 Å². The van der Waals surface area contributed by atoms with Gasteiger partial charge in [0.25, 0.3) is 0 Å². The minimum absolute atomic E-state index is 0.140. The Morgan fingerprint density at radius 3 is 3.12 bits per heavy atom. The molecule has 0 bridgehead atoms. The molecule has 2 nitrogen and oxygen atoms in total. The third kappa shape index (κ3) is 4.78. The van der Waals surface area contributed by atoms with Crippen LogP contribution in [0.4, 0.5) is 0 Å². The monoisotopic (exact) mass is 254 g/mol. The van der Waals surface area contributed by atoms with Crippen molar-refractivity contribution in [2.24, 2.45) is 0 Å². The predicted octanol–water partition coefficient (Wildman–Crippen LogP) is 3.39. The van der Waals surface area contributed by atoms with E-state index in [1.54, 1.807) is 11.3 Å². The zero-order valence-electron chi connectivity index (χ0n) is 10.3. The first-order chi connectivity index (χ1) is 8.34. The Hall–Kier alpha value is -0.380. The molecule has 1 aliphatic rings. The number of ether oxygens (including phenoxy) is 1. The zero-order valence-corrected chi connectivity index (χ0v) is 11.1. The van der Waals surface area contributed by atoms with Crippen LogP contribution in [0.1, 0.15) is 43.4 Å². The van der Waals surface area contributed by atoms with E-state index in [1.807, 2.05) is 0 Å². The molecule has 96 valence electrons. The Morgan fingerprint density at radius 1 is 1.47 bits per heavy atom. The van der Waals surface area contributed by atoms with Gasteiger partial charge in [-0.1, -0.05) is 6.07 Å². The molecule has 1 saturated heterocycles. The summed E-state index contributed by atoms with van der Waals surface area (Å²) in [6.45, 7) is 0.916. The van der Waals surface area contributed by atoms with Crippen molar-refractivity contribution in [2.75, 3.05) is 6.61 Å². The van der Waals surface area contributed by atoms with Crippen molar-refractivity contribution >= 4 is 11.3 Å². The molecule has 2 rings (SSSR count). The molecule has 1 fully saturated rings. The molecule has 2 heterocycles. The van der Waals surface area contributed by atoms with Gasteiger partial charge in [0, 0.05) is 11.5 Å². The fraction of sp³-hybridized carbons (Fsp3) is 0.714. The first kappa shape index (κ1) is 13.1. The lowest BCUT2D eigenvalue weighted by Crippen LogP contribution is -2.12. The van der Waals surface area contributed by atoms with Crippen LogP contribution in [-0.2, 0) is 11.2 Å². The van der Waals surface area contributed by atoms with Crippen LogP contribution >= 0.6 is 11.3 Å². The maximum absolute atomic E-state index is 9.89. The van der Waals surface area contributed by atoms with Crippen LogP contribution in [0.2, 0.25) is 0 Å². The van der Waals surface area contributed by atoms with Crippen molar-refractivity contribution in [3.63, 3.8) is 0 Å². The topological polar surface area (TPSA) is 29.5 Å². The SMILES string of the molecule is OC(CCCc1cccs1)CCC1CCCO1. The highest BCUT2D eigenvalue weighted by Crippen LogP contribution is 2.19. The van der Waals surface area contributed by atoms with E-state index < -0.39 is 0 Å². The number of rotatable bonds is 7. The fourth-order valence-electron chi connectivity index (χ4n) is 2.36. The van der Waals surface area contributed by atoms with Crippen LogP contribution in [0, 0.1) is 0 Å². The highest BCUT2D eigenvalue weighted by atomic mass is 32.1. The van der Waals surface area contributed by atoms with Gasteiger partial charge < -0.3 is 9.84 Å². The molecule has 1 aromatic rings. The van der Waals surface area contributed by atoms with E-state index in [0.29, 0.717) is 6.10 Å². The van der Waals surface area contributed by atoms with Gasteiger partial charge >= 0.3 is 0 Å². The Morgan fingerprint density at radius 2 is 2.41 bits per heavy atom. The molecule has 0 aliphatic carbocycles. The third-order valence-corrected chi connectivity index (χ3v) is 4.32. The minimum Gasteiger partial charge on any atom is -0.393 e. The third-order valence-electron chi connectivity index (χ3n) is 3.39. The summed E-state index contributed by atoms with van der Waals surface area (Å²) in [7, 11) is 0. The summed E-state index contributed by atoms with van der Waals surface area (Å²) in [6, 6.07) is 4.26. The van der Waals surface area contributed by atoms with E-state index in [0.717, 1.165) is 38.7 Å². The lowest BCUT2D eigenvalue weighted by molar-refractivity contribution is 0.0784. The van der Waals surface area contributed by atoms with Crippen molar-refractivity contribution in [3.8, 4) is 0 Å². The quantitative estimate of drug-likeness (QED) is 0.808. The molecule has 17 heavy (non-hydrogen) atoms. The van der Waals surface area contributed by atoms with Crippen molar-refractivity contribution < 1.29 is 9.84 Å². The van der Waals surface area contributed by atoms with Gasteiger partial charge in [-0.25, -0.2) is 0 Å². The maximum Gasteiger partial charge on any atom is 0.0577 e. The second-order valence-electron chi connectivity index (χ2n) is 4.84. The van der Waals surface area contributed by atoms with E-state index >= 15 is 0 Å². The summed E-state index contributed by atoms with van der Waals surface area (Å²) in [4.78, 5) is 1.43. The Balaban J connectivity index is 1.52. The van der Waals surface area contributed by atoms with Gasteiger partial charge in [0.2, 0.25) is 0 Å². The van der Waals surface area contributed by atoms with E-state index in [4.69, 9.17) is 4.74 Å². The van der Waals surface area contributed by atoms with Crippen molar-refractivity contribution in [3.05, 3.63) is 22.4 Å². The number of aryl methyl sites for hydroxylation is 1. The molecule has 0 radical (unpaired) electrons. The first-order valence-corrected chi connectivity index (χ1v) is 7.54. The van der Waals surface area contributed by atoms with Gasteiger partial charge in [-0.3, -0.25) is 0 Å². The van der Waals surface area contributed by atoms with Gasteiger partial charge in [0.1, 0.15) is 0 Å². The molecule has 0 amide bonds. The van der Waals surface area contributed by atoms with Crippen molar-refractivity contribution in [2.45, 2.75) is 57.2 Å². The van der Waals surface area contributed by atoms with Gasteiger partial charge in [-0.05, 0) is 56.4 Å². The Bertz CT molecular complexity index is 291. The number of hydrogen-bond donors (Lipinski definition) is 1. The molecule has 3 heteroatoms. The highest BCUT2D eigenvalue weighted by molar-refractivity contribution is 7.09. The second kappa shape index (κ2) is 7.14. The number of aliphatic hydroxyl groups is 1. The summed E-state index contributed by atoms with van der Waals surface area (Å²) < 4.78 is 5.56. The van der Waals surface area contributed by atoms with Crippen LogP contribution in [0.5, 0.6) is 0 Å². The molecule has 1 aromatic heterocycles. The summed E-state index contributed by atoms with van der Waals surface area (Å²) >= 11 is 1.81. The average Bonchev–Trinajstić information content (AvgIpc) is 2.99. The molecule has 0 saturated carbocycles. The molecular weight excluding hydrogens is 232 g/mol. The van der Waals surface area contributed by atoms with Crippen molar-refractivity contribution in [1.82, 2.24) is 0 Å². The smallest absolute Gasteiger partial charge is 0.0577 e. The summed E-state index contributed by atoms with van der Waals surface area (Å²) in [5.74, 6) is 0. The first-order valence-electron chi connectivity index (χ1n) is 6.66. The molecule has 2 unspecified atom stereocenters. The number of hydrogen-bond acceptors (Lipinski definition) is 3. The summed E-state index contributed by atoms with van der Waals surface area (Å²) in [6.07, 6.45) is 7.70. The molecule has 0 spiro atoms. The largest absolute Gasteiger partial charge is 0.393 e. The fourth-order valence-corrected chi connectivity index (χ4v) is 3.11. The van der Waals surface area contributed by atoms with Crippen LogP contribution in [-0.4, -0.2) is 23.9 Å². The minimum atomic E-state index is -0.140. The normalized spacial score (nSPS) is 21.8. The predicted molar refractivity (Wildman–Crippen MR) is 71.5 cm³/mol. The molecule has 2 atom stereocenters. The zero-order chi connectivity index (χ0) is 11.9. The molecule has 1 N–H and O–H groups in total. The van der Waals surface area contributed by atoms with Gasteiger partial charge in [-0.15, -0.1) is 11.3 Å². The maximum atomic E-state index is 9.89. The number of aliphatic hydroxyl groups excluding tert-OH is 1.